The normalized spacial score (nSPS) is 27.6. The van der Waals surface area contributed by atoms with Crippen LogP contribution in [0.1, 0.15) is 59.3 Å². The van der Waals surface area contributed by atoms with Crippen LogP contribution < -0.4 is 0 Å². The number of fused-ring (bicyclic) bond motifs is 1. The van der Waals surface area contributed by atoms with E-state index in [1.54, 1.807) is 5.57 Å². The zero-order valence-corrected chi connectivity index (χ0v) is 19.3. The second kappa shape index (κ2) is 8.51. The van der Waals surface area contributed by atoms with Crippen molar-refractivity contribution in [1.82, 2.24) is 0 Å². The molecule has 3 rings (SSSR count). The summed E-state index contributed by atoms with van der Waals surface area (Å²) in [5, 5.41) is 0. The summed E-state index contributed by atoms with van der Waals surface area (Å²) < 4.78 is 1.48. The van der Waals surface area contributed by atoms with Crippen molar-refractivity contribution in [2.75, 3.05) is 0 Å². The summed E-state index contributed by atoms with van der Waals surface area (Å²) in [5.41, 5.74) is 7.80. The van der Waals surface area contributed by atoms with Crippen molar-refractivity contribution in [3.8, 4) is 0 Å². The minimum absolute atomic E-state index is 0.239. The lowest BCUT2D eigenvalue weighted by atomic mass is 9.71. The Hall–Kier alpha value is -1.09. The zero-order valence-electron chi connectivity index (χ0n) is 17.2. The molecule has 27 heavy (non-hydrogen) atoms. The molecule has 0 heterocycles. The first-order chi connectivity index (χ1) is 12.9. The van der Waals surface area contributed by atoms with Crippen LogP contribution in [0.15, 0.2) is 81.1 Å². The first kappa shape index (κ1) is 20.6. The largest absolute Gasteiger partial charge is 0.0988 e. The zero-order chi connectivity index (χ0) is 19.6. The van der Waals surface area contributed by atoms with E-state index >= 15 is 0 Å². The van der Waals surface area contributed by atoms with Gasteiger partial charge >= 0.3 is 0 Å². The third-order valence-corrected chi connectivity index (χ3v) is 7.67. The number of halogens is 1. The molecule has 2 atom stereocenters. The highest BCUT2D eigenvalue weighted by atomic mass is 127. The number of rotatable bonds is 6. The number of hydrogen-bond acceptors (Lipinski definition) is 0. The molecule has 1 heteroatoms. The highest BCUT2D eigenvalue weighted by molar-refractivity contribution is 14.1. The Balaban J connectivity index is 1.78. The van der Waals surface area contributed by atoms with E-state index < -0.39 is 0 Å². The van der Waals surface area contributed by atoms with Crippen LogP contribution >= 0.6 is 22.6 Å². The second-order valence-electron chi connectivity index (χ2n) is 8.71. The van der Waals surface area contributed by atoms with Crippen LogP contribution in [0.3, 0.4) is 0 Å². The average Bonchev–Trinajstić information content (AvgIpc) is 2.86. The van der Waals surface area contributed by atoms with Gasteiger partial charge in [-0.1, -0.05) is 69.0 Å². The van der Waals surface area contributed by atoms with Gasteiger partial charge in [-0.05, 0) is 111 Å². The van der Waals surface area contributed by atoms with Crippen LogP contribution in [-0.2, 0) is 0 Å². The van der Waals surface area contributed by atoms with Gasteiger partial charge < -0.3 is 0 Å². The molecular formula is C26H33I. The molecule has 0 aromatic heterocycles. The van der Waals surface area contributed by atoms with Gasteiger partial charge in [0.25, 0.3) is 0 Å². The molecule has 0 aromatic carbocycles. The molecule has 0 nitrogen and oxygen atoms in total. The van der Waals surface area contributed by atoms with E-state index in [2.05, 4.69) is 93.0 Å². The lowest BCUT2D eigenvalue weighted by molar-refractivity contribution is 0.311. The van der Waals surface area contributed by atoms with Crippen molar-refractivity contribution in [2.45, 2.75) is 59.3 Å². The molecule has 0 spiro atoms. The maximum absolute atomic E-state index is 4.17. The van der Waals surface area contributed by atoms with Gasteiger partial charge in [0, 0.05) is 0 Å². The summed E-state index contributed by atoms with van der Waals surface area (Å²) in [7, 11) is 0. The lowest BCUT2D eigenvalue weighted by Gasteiger charge is -2.33. The minimum atomic E-state index is 0.239. The molecule has 144 valence electrons. The first-order valence-electron chi connectivity index (χ1n) is 10.3. The van der Waals surface area contributed by atoms with E-state index in [1.807, 2.05) is 0 Å². The van der Waals surface area contributed by atoms with Gasteiger partial charge in [0.1, 0.15) is 0 Å². The Morgan fingerprint density at radius 1 is 1.15 bits per heavy atom. The van der Waals surface area contributed by atoms with Gasteiger partial charge in [-0.25, -0.2) is 0 Å². The van der Waals surface area contributed by atoms with Crippen LogP contribution in [0.2, 0.25) is 0 Å². The number of hydrogen-bond donors (Lipinski definition) is 0. The standard InChI is InChI=1S/C26H33I/c1-6-9-20-16-18(10-12-19(20)7-2)11-15-24-22(8-3)23-14-13-21(27)17-25(23)26(24,4)5/h6-9,13-14,18,25H,2-3,10-12,15-17H2,1,4-5H3/b9-6-. The molecule has 0 saturated carbocycles. The molecule has 0 radical (unpaired) electrons. The predicted octanol–water partition coefficient (Wildman–Crippen LogP) is 8.41. The van der Waals surface area contributed by atoms with Gasteiger partial charge in [-0.15, -0.1) is 0 Å². The quantitative estimate of drug-likeness (QED) is 0.341. The lowest BCUT2D eigenvalue weighted by Crippen LogP contribution is -2.24. The summed E-state index contributed by atoms with van der Waals surface area (Å²) in [6, 6.07) is 0. The van der Waals surface area contributed by atoms with E-state index in [4.69, 9.17) is 0 Å². The molecule has 3 aliphatic rings. The van der Waals surface area contributed by atoms with E-state index in [0.717, 1.165) is 5.92 Å². The summed E-state index contributed by atoms with van der Waals surface area (Å²) in [6.07, 6.45) is 20.7. The smallest absolute Gasteiger partial charge is 0.00222 e. The second-order valence-corrected chi connectivity index (χ2v) is 10.1. The number of allylic oxidation sites excluding steroid dienone is 12. The summed E-state index contributed by atoms with van der Waals surface area (Å²) in [5.74, 6) is 1.40. The summed E-state index contributed by atoms with van der Waals surface area (Å²) in [6.45, 7) is 15.2. The fourth-order valence-corrected chi connectivity index (χ4v) is 5.91. The SMILES string of the molecule is C=CC1=C(/C=C\C)CC(CCC2=C(C=C)C3=CC=C(I)CC3C2(C)C)CC1. The monoisotopic (exact) mass is 472 g/mol. The molecule has 0 N–H and O–H groups in total. The molecule has 0 saturated heterocycles. The van der Waals surface area contributed by atoms with Crippen LogP contribution in [-0.4, -0.2) is 0 Å². The molecule has 0 amide bonds. The van der Waals surface area contributed by atoms with Crippen molar-refractivity contribution in [1.29, 1.82) is 0 Å². The van der Waals surface area contributed by atoms with Gasteiger partial charge in [0.05, 0.1) is 0 Å². The maximum Gasteiger partial charge on any atom is -0.00222 e. The minimum Gasteiger partial charge on any atom is -0.0988 e. The van der Waals surface area contributed by atoms with Gasteiger partial charge in [-0.3, -0.25) is 0 Å². The van der Waals surface area contributed by atoms with E-state index in [0.29, 0.717) is 5.92 Å². The van der Waals surface area contributed by atoms with Crippen LogP contribution in [0.25, 0.3) is 0 Å². The molecule has 2 unspecified atom stereocenters. The Kier molecular flexibility index (Phi) is 6.50. The van der Waals surface area contributed by atoms with Crippen molar-refractivity contribution in [3.63, 3.8) is 0 Å². The molecule has 0 aliphatic heterocycles. The molecule has 3 aliphatic carbocycles. The van der Waals surface area contributed by atoms with E-state index in [9.17, 15) is 0 Å². The molecule has 0 aromatic rings. The van der Waals surface area contributed by atoms with Crippen LogP contribution in [0.5, 0.6) is 0 Å². The molecular weight excluding hydrogens is 439 g/mol. The Morgan fingerprint density at radius 2 is 1.93 bits per heavy atom. The van der Waals surface area contributed by atoms with Crippen molar-refractivity contribution < 1.29 is 0 Å². The summed E-state index contributed by atoms with van der Waals surface area (Å²) >= 11 is 2.50. The summed E-state index contributed by atoms with van der Waals surface area (Å²) in [4.78, 5) is 0. The van der Waals surface area contributed by atoms with Gasteiger partial charge in [0.2, 0.25) is 0 Å². The predicted molar refractivity (Wildman–Crippen MR) is 128 cm³/mol. The van der Waals surface area contributed by atoms with Crippen LogP contribution in [0.4, 0.5) is 0 Å². The van der Waals surface area contributed by atoms with Crippen molar-refractivity contribution >= 4 is 22.6 Å². The maximum atomic E-state index is 4.17. The highest BCUT2D eigenvalue weighted by Gasteiger charge is 2.44. The fraction of sp³-hybridized carbons (Fsp3) is 0.462. The average molecular weight is 472 g/mol. The van der Waals surface area contributed by atoms with E-state index in [-0.39, 0.29) is 5.41 Å². The topological polar surface area (TPSA) is 0 Å². The molecule has 0 fully saturated rings. The van der Waals surface area contributed by atoms with Gasteiger partial charge in [-0.2, -0.15) is 0 Å². The Bertz CT molecular complexity index is 779. The third-order valence-electron chi connectivity index (χ3n) is 6.87. The van der Waals surface area contributed by atoms with Crippen molar-refractivity contribution in [3.05, 3.63) is 81.1 Å². The highest BCUT2D eigenvalue weighted by Crippen LogP contribution is 2.56. The Morgan fingerprint density at radius 3 is 2.59 bits per heavy atom. The Labute approximate surface area is 179 Å². The van der Waals surface area contributed by atoms with E-state index in [1.165, 1.54) is 64.4 Å². The fourth-order valence-electron chi connectivity index (χ4n) is 5.29. The first-order valence-corrected chi connectivity index (χ1v) is 11.4. The van der Waals surface area contributed by atoms with Crippen LogP contribution in [0, 0.1) is 17.3 Å². The van der Waals surface area contributed by atoms with Gasteiger partial charge in [0.15, 0.2) is 0 Å². The third kappa shape index (κ3) is 4.04. The van der Waals surface area contributed by atoms with Crippen molar-refractivity contribution in [2.24, 2.45) is 17.3 Å². The molecule has 0 bridgehead atoms.